The Morgan fingerprint density at radius 2 is 1.89 bits per heavy atom. The molecule has 1 amide bonds. The van der Waals surface area contributed by atoms with E-state index in [1.54, 1.807) is 0 Å². The molecule has 108 valence electrons. The summed E-state index contributed by atoms with van der Waals surface area (Å²) >= 11 is 0. The number of carbonyl (C=O) groups is 1. The molecular weight excluding hydrogens is 236 g/mol. The van der Waals surface area contributed by atoms with Gasteiger partial charge in [-0.05, 0) is 56.9 Å². The Hall–Kier alpha value is -0.570. The zero-order valence-corrected chi connectivity index (χ0v) is 12.2. The van der Waals surface area contributed by atoms with Crippen LogP contribution >= 0.6 is 0 Å². The summed E-state index contributed by atoms with van der Waals surface area (Å²) in [5, 5.41) is 6.76. The molecule has 2 N–H and O–H groups in total. The minimum atomic E-state index is 0.0959. The van der Waals surface area contributed by atoms with Crippen LogP contribution < -0.4 is 10.6 Å². The molecule has 4 atom stereocenters. The Morgan fingerprint density at radius 3 is 2.68 bits per heavy atom. The van der Waals surface area contributed by atoms with Gasteiger partial charge in [0.15, 0.2) is 0 Å². The molecule has 19 heavy (non-hydrogen) atoms. The van der Waals surface area contributed by atoms with Gasteiger partial charge in [-0.25, -0.2) is 0 Å². The van der Waals surface area contributed by atoms with E-state index < -0.39 is 0 Å². The summed E-state index contributed by atoms with van der Waals surface area (Å²) in [5.41, 5.74) is 0. The van der Waals surface area contributed by atoms with Crippen LogP contribution in [0.1, 0.15) is 58.3 Å². The van der Waals surface area contributed by atoms with Crippen molar-refractivity contribution in [3.63, 3.8) is 0 Å². The molecule has 0 aromatic rings. The fraction of sp³-hybridized carbons (Fsp3) is 0.938. The van der Waals surface area contributed by atoms with Gasteiger partial charge in [-0.1, -0.05) is 25.7 Å². The lowest BCUT2D eigenvalue weighted by molar-refractivity contribution is -0.124. The van der Waals surface area contributed by atoms with Gasteiger partial charge in [0.25, 0.3) is 0 Å². The van der Waals surface area contributed by atoms with Crippen LogP contribution in [0.4, 0.5) is 0 Å². The molecule has 0 aromatic carbocycles. The van der Waals surface area contributed by atoms with Crippen molar-refractivity contribution in [2.75, 3.05) is 6.54 Å². The summed E-state index contributed by atoms with van der Waals surface area (Å²) in [4.78, 5) is 12.5. The Bertz CT molecular complexity index is 325. The first kappa shape index (κ1) is 13.4. The fourth-order valence-corrected chi connectivity index (χ4v) is 4.54. The second kappa shape index (κ2) is 5.82. The molecule has 2 aliphatic carbocycles. The van der Waals surface area contributed by atoms with Crippen LogP contribution in [0.5, 0.6) is 0 Å². The third-order valence-electron chi connectivity index (χ3n) is 5.76. The van der Waals surface area contributed by atoms with E-state index in [4.69, 9.17) is 0 Å². The summed E-state index contributed by atoms with van der Waals surface area (Å²) in [6, 6.07) is 0.452. The molecule has 1 saturated heterocycles. The van der Waals surface area contributed by atoms with E-state index >= 15 is 0 Å². The maximum absolute atomic E-state index is 12.5. The maximum atomic E-state index is 12.5. The van der Waals surface area contributed by atoms with Crippen LogP contribution in [-0.2, 0) is 4.79 Å². The number of hydrogen-bond acceptors (Lipinski definition) is 2. The molecule has 0 bridgehead atoms. The van der Waals surface area contributed by atoms with Crippen LogP contribution in [0.25, 0.3) is 0 Å². The second-order valence-electron chi connectivity index (χ2n) is 6.94. The SMILES string of the molecule is CC(NC(=O)C1NCC2CCCC21)C1CCCCC1. The van der Waals surface area contributed by atoms with Crippen molar-refractivity contribution in [2.45, 2.75) is 70.4 Å². The van der Waals surface area contributed by atoms with E-state index in [1.807, 2.05) is 0 Å². The minimum Gasteiger partial charge on any atom is -0.352 e. The van der Waals surface area contributed by atoms with Crippen molar-refractivity contribution in [2.24, 2.45) is 17.8 Å². The van der Waals surface area contributed by atoms with Gasteiger partial charge in [-0.3, -0.25) is 4.79 Å². The van der Waals surface area contributed by atoms with E-state index in [-0.39, 0.29) is 11.9 Å². The van der Waals surface area contributed by atoms with Gasteiger partial charge in [-0.15, -0.1) is 0 Å². The lowest BCUT2D eigenvalue weighted by atomic mass is 9.84. The van der Waals surface area contributed by atoms with Crippen molar-refractivity contribution in [1.82, 2.24) is 10.6 Å². The molecule has 3 heteroatoms. The quantitative estimate of drug-likeness (QED) is 0.822. The number of hydrogen-bond donors (Lipinski definition) is 2. The van der Waals surface area contributed by atoms with Crippen molar-refractivity contribution >= 4 is 5.91 Å². The highest BCUT2D eigenvalue weighted by atomic mass is 16.2. The van der Waals surface area contributed by atoms with E-state index in [9.17, 15) is 4.79 Å². The van der Waals surface area contributed by atoms with Gasteiger partial charge in [0, 0.05) is 6.04 Å². The van der Waals surface area contributed by atoms with Gasteiger partial charge in [0.1, 0.15) is 0 Å². The van der Waals surface area contributed by atoms with Gasteiger partial charge >= 0.3 is 0 Å². The van der Waals surface area contributed by atoms with Gasteiger partial charge in [0.2, 0.25) is 5.91 Å². The Morgan fingerprint density at radius 1 is 1.11 bits per heavy atom. The first-order valence-electron chi connectivity index (χ1n) is 8.29. The van der Waals surface area contributed by atoms with Crippen LogP contribution in [0, 0.1) is 17.8 Å². The van der Waals surface area contributed by atoms with Crippen molar-refractivity contribution < 1.29 is 4.79 Å². The predicted octanol–water partition coefficient (Wildman–Crippen LogP) is 2.46. The van der Waals surface area contributed by atoms with Crippen molar-refractivity contribution in [3.8, 4) is 0 Å². The van der Waals surface area contributed by atoms with Crippen LogP contribution in [0.15, 0.2) is 0 Å². The summed E-state index contributed by atoms with van der Waals surface area (Å²) in [5.74, 6) is 2.35. The number of fused-ring (bicyclic) bond motifs is 1. The Labute approximate surface area is 116 Å². The topological polar surface area (TPSA) is 41.1 Å². The first-order chi connectivity index (χ1) is 9.25. The molecule has 0 aromatic heterocycles. The summed E-state index contributed by atoms with van der Waals surface area (Å²) < 4.78 is 0. The molecule has 3 rings (SSSR count). The van der Waals surface area contributed by atoms with Crippen molar-refractivity contribution in [1.29, 1.82) is 0 Å². The summed E-state index contributed by atoms with van der Waals surface area (Å²) in [6.07, 6.45) is 10.5. The minimum absolute atomic E-state index is 0.0959. The van der Waals surface area contributed by atoms with Gasteiger partial charge in [0.05, 0.1) is 6.04 Å². The lowest BCUT2D eigenvalue weighted by Crippen LogP contribution is -2.49. The second-order valence-corrected chi connectivity index (χ2v) is 6.94. The molecular formula is C16H28N2O. The van der Waals surface area contributed by atoms with Crippen LogP contribution in [0.3, 0.4) is 0 Å². The zero-order valence-electron chi connectivity index (χ0n) is 12.2. The third kappa shape index (κ3) is 2.81. The first-order valence-corrected chi connectivity index (χ1v) is 8.29. The Kier molecular flexibility index (Phi) is 4.11. The molecule has 4 unspecified atom stereocenters. The average Bonchev–Trinajstić information content (AvgIpc) is 3.01. The van der Waals surface area contributed by atoms with E-state index in [2.05, 4.69) is 17.6 Å². The van der Waals surface area contributed by atoms with E-state index in [1.165, 1.54) is 51.4 Å². The maximum Gasteiger partial charge on any atom is 0.237 e. The number of nitrogens with one attached hydrogen (secondary N) is 2. The Balaban J connectivity index is 1.52. The standard InChI is InChI=1S/C16H28N2O/c1-11(12-6-3-2-4-7-12)18-16(19)15-14-9-5-8-13(14)10-17-15/h11-15,17H,2-10H2,1H3,(H,18,19). The lowest BCUT2D eigenvalue weighted by Gasteiger charge is -2.30. The van der Waals surface area contributed by atoms with E-state index in [0.29, 0.717) is 17.9 Å². The molecule has 0 radical (unpaired) electrons. The normalized spacial score (nSPS) is 37.0. The zero-order chi connectivity index (χ0) is 13.2. The number of carbonyl (C=O) groups excluding carboxylic acids is 1. The molecule has 1 aliphatic heterocycles. The largest absolute Gasteiger partial charge is 0.352 e. The monoisotopic (exact) mass is 264 g/mol. The van der Waals surface area contributed by atoms with Crippen LogP contribution in [-0.4, -0.2) is 24.5 Å². The predicted molar refractivity (Wildman–Crippen MR) is 76.8 cm³/mol. The molecule has 3 fully saturated rings. The number of amides is 1. The highest BCUT2D eigenvalue weighted by Crippen LogP contribution is 2.37. The van der Waals surface area contributed by atoms with Crippen molar-refractivity contribution in [3.05, 3.63) is 0 Å². The smallest absolute Gasteiger partial charge is 0.237 e. The molecule has 3 aliphatic rings. The number of rotatable bonds is 3. The fourth-order valence-electron chi connectivity index (χ4n) is 4.54. The molecule has 0 spiro atoms. The van der Waals surface area contributed by atoms with E-state index in [0.717, 1.165) is 12.5 Å². The summed E-state index contributed by atoms with van der Waals surface area (Å²) in [7, 11) is 0. The van der Waals surface area contributed by atoms with Gasteiger partial charge < -0.3 is 10.6 Å². The van der Waals surface area contributed by atoms with Crippen LogP contribution in [0.2, 0.25) is 0 Å². The highest BCUT2D eigenvalue weighted by molar-refractivity contribution is 5.82. The highest BCUT2D eigenvalue weighted by Gasteiger charge is 2.42. The van der Waals surface area contributed by atoms with Gasteiger partial charge in [-0.2, -0.15) is 0 Å². The molecule has 2 saturated carbocycles. The summed E-state index contributed by atoms with van der Waals surface area (Å²) in [6.45, 7) is 3.26. The molecule has 1 heterocycles. The third-order valence-corrected chi connectivity index (χ3v) is 5.76. The molecule has 3 nitrogen and oxygen atoms in total. The average molecular weight is 264 g/mol.